The van der Waals surface area contributed by atoms with E-state index in [1.54, 1.807) is 13.1 Å². The van der Waals surface area contributed by atoms with Crippen molar-refractivity contribution in [2.75, 3.05) is 20.1 Å². The van der Waals surface area contributed by atoms with Gasteiger partial charge in [-0.05, 0) is 27.2 Å². The molecular weight excluding hydrogens is 413 g/mol. The Morgan fingerprint density at radius 2 is 2.00 bits per heavy atom. The highest BCUT2D eigenvalue weighted by Crippen LogP contribution is 2.06. The number of aromatic nitrogens is 1. The number of hydrogen-bond donors (Lipinski definition) is 3. The van der Waals surface area contributed by atoms with Crippen LogP contribution < -0.4 is 16.0 Å². The summed E-state index contributed by atoms with van der Waals surface area (Å²) in [6.07, 6.45) is 1.88. The normalized spacial score (nSPS) is 11.4. The van der Waals surface area contributed by atoms with E-state index in [1.807, 2.05) is 20.8 Å². The molecule has 0 saturated heterocycles. The lowest BCUT2D eigenvalue weighted by Gasteiger charge is -2.19. The number of ether oxygens (including phenoxy) is 1. The molecule has 1 aromatic heterocycles. The summed E-state index contributed by atoms with van der Waals surface area (Å²) in [7, 11) is 1.69. The summed E-state index contributed by atoms with van der Waals surface area (Å²) >= 11 is 0. The molecule has 8 nitrogen and oxygen atoms in total. The number of hydrogen-bond acceptors (Lipinski definition) is 5. The highest BCUT2D eigenvalue weighted by molar-refractivity contribution is 14.0. The van der Waals surface area contributed by atoms with E-state index in [0.717, 1.165) is 12.1 Å². The quantitative estimate of drug-likeness (QED) is 0.271. The Hall–Kier alpha value is -1.52. The van der Waals surface area contributed by atoms with Gasteiger partial charge in [-0.2, -0.15) is 0 Å². The molecule has 1 heterocycles. The first-order chi connectivity index (χ1) is 10.4. The monoisotopic (exact) mass is 439 g/mol. The molecule has 0 spiro atoms. The number of carbonyl (C=O) groups is 1. The van der Waals surface area contributed by atoms with E-state index in [9.17, 15) is 4.79 Å². The van der Waals surface area contributed by atoms with Gasteiger partial charge >= 0.3 is 6.09 Å². The first-order valence-electron chi connectivity index (χ1n) is 7.21. The zero-order valence-electron chi connectivity index (χ0n) is 14.0. The van der Waals surface area contributed by atoms with Crippen molar-refractivity contribution in [1.29, 1.82) is 0 Å². The third kappa shape index (κ3) is 10.8. The SMILES string of the molecule is CN=C(NCCCNC(=O)OC(C)(C)C)NCc1ccon1.I. The van der Waals surface area contributed by atoms with Crippen LogP contribution in [0.4, 0.5) is 4.79 Å². The number of nitrogens with one attached hydrogen (secondary N) is 3. The van der Waals surface area contributed by atoms with Crippen LogP contribution in [0.15, 0.2) is 21.8 Å². The second-order valence-corrected chi connectivity index (χ2v) is 5.63. The van der Waals surface area contributed by atoms with Gasteiger partial charge in [0.05, 0.1) is 6.54 Å². The maximum atomic E-state index is 11.4. The number of aliphatic imine (C=N–C) groups is 1. The molecule has 3 N–H and O–H groups in total. The van der Waals surface area contributed by atoms with E-state index in [0.29, 0.717) is 25.6 Å². The summed E-state index contributed by atoms with van der Waals surface area (Å²) in [5.74, 6) is 0.667. The average molecular weight is 439 g/mol. The molecule has 0 aliphatic heterocycles. The predicted molar refractivity (Wildman–Crippen MR) is 99.0 cm³/mol. The molecule has 1 aromatic rings. The molecular formula is C14H26IN5O3. The fourth-order valence-corrected chi connectivity index (χ4v) is 1.52. The summed E-state index contributed by atoms with van der Waals surface area (Å²) < 4.78 is 9.89. The second-order valence-electron chi connectivity index (χ2n) is 5.63. The molecule has 23 heavy (non-hydrogen) atoms. The zero-order valence-corrected chi connectivity index (χ0v) is 16.3. The van der Waals surface area contributed by atoms with Crippen molar-refractivity contribution in [3.05, 3.63) is 18.0 Å². The zero-order chi connectivity index (χ0) is 16.4. The van der Waals surface area contributed by atoms with E-state index in [4.69, 9.17) is 9.26 Å². The van der Waals surface area contributed by atoms with Crippen LogP contribution in [-0.2, 0) is 11.3 Å². The van der Waals surface area contributed by atoms with Gasteiger partial charge in [-0.1, -0.05) is 5.16 Å². The minimum atomic E-state index is -0.477. The van der Waals surface area contributed by atoms with Crippen LogP contribution in [0.25, 0.3) is 0 Å². The van der Waals surface area contributed by atoms with Crippen molar-refractivity contribution in [2.24, 2.45) is 4.99 Å². The lowest BCUT2D eigenvalue weighted by Crippen LogP contribution is -2.39. The third-order valence-corrected chi connectivity index (χ3v) is 2.47. The number of carbonyl (C=O) groups excluding carboxylic acids is 1. The molecule has 0 unspecified atom stereocenters. The maximum absolute atomic E-state index is 11.4. The maximum Gasteiger partial charge on any atom is 0.407 e. The molecule has 9 heteroatoms. The van der Waals surface area contributed by atoms with E-state index < -0.39 is 11.7 Å². The molecule has 0 fully saturated rings. The summed E-state index contributed by atoms with van der Waals surface area (Å²) in [5, 5.41) is 12.7. The van der Waals surface area contributed by atoms with Crippen LogP contribution in [0.2, 0.25) is 0 Å². The number of rotatable bonds is 6. The first-order valence-corrected chi connectivity index (χ1v) is 7.21. The van der Waals surface area contributed by atoms with Crippen molar-refractivity contribution in [3.63, 3.8) is 0 Å². The molecule has 132 valence electrons. The fraction of sp³-hybridized carbons (Fsp3) is 0.643. The lowest BCUT2D eigenvalue weighted by atomic mass is 10.2. The molecule has 0 atom stereocenters. The van der Waals surface area contributed by atoms with Crippen molar-refractivity contribution in [2.45, 2.75) is 39.3 Å². The molecule has 1 amide bonds. The van der Waals surface area contributed by atoms with Crippen LogP contribution in [0.5, 0.6) is 0 Å². The van der Waals surface area contributed by atoms with Crippen molar-refractivity contribution >= 4 is 36.0 Å². The lowest BCUT2D eigenvalue weighted by molar-refractivity contribution is 0.0527. The van der Waals surface area contributed by atoms with Crippen molar-refractivity contribution in [1.82, 2.24) is 21.1 Å². The Morgan fingerprint density at radius 1 is 1.30 bits per heavy atom. The van der Waals surface area contributed by atoms with Crippen LogP contribution in [-0.4, -0.2) is 42.9 Å². The van der Waals surface area contributed by atoms with Crippen LogP contribution in [0.1, 0.15) is 32.9 Å². The second kappa shape index (κ2) is 11.1. The number of amides is 1. The molecule has 1 rings (SSSR count). The Morgan fingerprint density at radius 3 is 2.57 bits per heavy atom. The number of nitrogens with zero attached hydrogens (tertiary/aromatic N) is 2. The summed E-state index contributed by atoms with van der Waals surface area (Å²) in [4.78, 5) is 15.5. The van der Waals surface area contributed by atoms with Gasteiger partial charge < -0.3 is 25.2 Å². The molecule has 0 saturated carbocycles. The van der Waals surface area contributed by atoms with Gasteiger partial charge in [0.25, 0.3) is 0 Å². The average Bonchev–Trinajstić information content (AvgIpc) is 2.93. The fourth-order valence-electron chi connectivity index (χ4n) is 1.52. The van der Waals surface area contributed by atoms with Crippen molar-refractivity contribution in [3.8, 4) is 0 Å². The summed E-state index contributed by atoms with van der Waals surface area (Å²) in [6, 6.07) is 1.78. The Kier molecular flexibility index (Phi) is 10.4. The van der Waals surface area contributed by atoms with Crippen LogP contribution >= 0.6 is 24.0 Å². The summed E-state index contributed by atoms with van der Waals surface area (Å²) in [6.45, 7) is 7.23. The van der Waals surface area contributed by atoms with Gasteiger partial charge in [0.2, 0.25) is 0 Å². The molecule has 0 aliphatic carbocycles. The van der Waals surface area contributed by atoms with Crippen LogP contribution in [0.3, 0.4) is 0 Å². The molecule has 0 aromatic carbocycles. The number of guanidine groups is 1. The molecule has 0 radical (unpaired) electrons. The van der Waals surface area contributed by atoms with Gasteiger partial charge in [-0.3, -0.25) is 4.99 Å². The van der Waals surface area contributed by atoms with Gasteiger partial charge in [0, 0.05) is 26.2 Å². The standard InChI is InChI=1S/C14H25N5O3.HI/c1-14(2,3)22-13(20)17-8-5-7-16-12(15-4)18-10-11-6-9-21-19-11;/h6,9H,5,7-8,10H2,1-4H3,(H,17,20)(H2,15,16,18);1H. The number of alkyl carbamates (subject to hydrolysis) is 1. The van der Waals surface area contributed by atoms with Gasteiger partial charge in [-0.15, -0.1) is 24.0 Å². The first kappa shape index (κ1) is 21.5. The van der Waals surface area contributed by atoms with Gasteiger partial charge in [0.1, 0.15) is 17.6 Å². The topological polar surface area (TPSA) is 101 Å². The number of halogens is 1. The minimum Gasteiger partial charge on any atom is -0.444 e. The summed E-state index contributed by atoms with van der Waals surface area (Å²) in [5.41, 5.74) is 0.324. The largest absolute Gasteiger partial charge is 0.444 e. The van der Waals surface area contributed by atoms with Gasteiger partial charge in [-0.25, -0.2) is 4.79 Å². The Labute approximate surface area is 153 Å². The van der Waals surface area contributed by atoms with E-state index >= 15 is 0 Å². The van der Waals surface area contributed by atoms with Crippen LogP contribution in [0, 0.1) is 0 Å². The minimum absolute atomic E-state index is 0. The Bertz CT molecular complexity index is 471. The van der Waals surface area contributed by atoms with Gasteiger partial charge in [0.15, 0.2) is 5.96 Å². The van der Waals surface area contributed by atoms with Crippen molar-refractivity contribution < 1.29 is 14.1 Å². The van der Waals surface area contributed by atoms with E-state index in [1.165, 1.54) is 6.26 Å². The highest BCUT2D eigenvalue weighted by atomic mass is 127. The molecule has 0 aliphatic rings. The smallest absolute Gasteiger partial charge is 0.407 e. The third-order valence-electron chi connectivity index (χ3n) is 2.47. The molecule has 0 bridgehead atoms. The highest BCUT2D eigenvalue weighted by Gasteiger charge is 2.15. The predicted octanol–water partition coefficient (Wildman–Crippen LogP) is 1.87. The van der Waals surface area contributed by atoms with E-state index in [2.05, 4.69) is 26.1 Å². The Balaban J connectivity index is 0.00000484. The van der Waals surface area contributed by atoms with E-state index in [-0.39, 0.29) is 24.0 Å².